The van der Waals surface area contributed by atoms with E-state index in [-0.39, 0.29) is 5.91 Å². The van der Waals surface area contributed by atoms with E-state index >= 15 is 0 Å². The maximum absolute atomic E-state index is 12.2. The Balaban J connectivity index is 0.000000346. The monoisotopic (exact) mass is 414 g/mol. The van der Waals surface area contributed by atoms with Gasteiger partial charge in [0.15, 0.2) is 0 Å². The molecule has 7 nitrogen and oxygen atoms in total. The van der Waals surface area contributed by atoms with Crippen LogP contribution >= 0.6 is 0 Å². The van der Waals surface area contributed by atoms with Crippen LogP contribution < -0.4 is 15.6 Å². The minimum atomic E-state index is -1.57. The summed E-state index contributed by atoms with van der Waals surface area (Å²) in [5, 5.41) is 19.2. The lowest BCUT2D eigenvalue weighted by molar-refractivity contribution is -0.114. The third-order valence-corrected chi connectivity index (χ3v) is 4.45. The van der Waals surface area contributed by atoms with Crippen LogP contribution in [0.3, 0.4) is 0 Å². The van der Waals surface area contributed by atoms with Crippen molar-refractivity contribution in [1.29, 1.82) is 0 Å². The van der Waals surface area contributed by atoms with E-state index in [0.29, 0.717) is 17.4 Å². The lowest BCUT2D eigenvalue weighted by atomic mass is 9.80. The number of ether oxygens (including phenoxy) is 1. The first kappa shape index (κ1) is 25.2. The van der Waals surface area contributed by atoms with E-state index in [0.717, 1.165) is 12.2 Å². The summed E-state index contributed by atoms with van der Waals surface area (Å²) in [5.41, 5.74) is 5.05. The Labute approximate surface area is 178 Å². The highest BCUT2D eigenvalue weighted by Gasteiger charge is 2.27. The van der Waals surface area contributed by atoms with E-state index in [1.54, 1.807) is 27.9 Å². The summed E-state index contributed by atoms with van der Waals surface area (Å²) >= 11 is 0. The summed E-state index contributed by atoms with van der Waals surface area (Å²) in [6.45, 7) is 9.61. The van der Waals surface area contributed by atoms with Gasteiger partial charge in [0.2, 0.25) is 6.41 Å². The van der Waals surface area contributed by atoms with E-state index in [2.05, 4.69) is 25.3 Å². The van der Waals surface area contributed by atoms with Crippen LogP contribution in [-0.2, 0) is 11.2 Å². The molecule has 162 valence electrons. The molecule has 0 aliphatic carbocycles. The second-order valence-corrected chi connectivity index (χ2v) is 7.66. The summed E-state index contributed by atoms with van der Waals surface area (Å²) < 4.78 is 5.22. The average molecular weight is 414 g/mol. The van der Waals surface area contributed by atoms with Gasteiger partial charge in [-0.1, -0.05) is 31.2 Å². The van der Waals surface area contributed by atoms with Crippen LogP contribution in [-0.4, -0.2) is 47.1 Å². The molecular formula is C22H31BN2O5. The van der Waals surface area contributed by atoms with Crippen molar-refractivity contribution in [2.75, 3.05) is 7.11 Å². The van der Waals surface area contributed by atoms with Crippen molar-refractivity contribution in [1.82, 2.24) is 10.4 Å². The van der Waals surface area contributed by atoms with Gasteiger partial charge in [-0.15, -0.1) is 0 Å². The van der Waals surface area contributed by atoms with Crippen LogP contribution in [0, 0.1) is 6.92 Å². The lowest BCUT2D eigenvalue weighted by Gasteiger charge is -2.34. The van der Waals surface area contributed by atoms with E-state index in [1.807, 2.05) is 12.1 Å². The molecule has 0 saturated carbocycles. The van der Waals surface area contributed by atoms with Crippen molar-refractivity contribution >= 4 is 24.9 Å². The molecule has 2 aromatic rings. The molecule has 2 rings (SSSR count). The van der Waals surface area contributed by atoms with Gasteiger partial charge >= 0.3 is 7.12 Å². The minimum Gasteiger partial charge on any atom is -0.496 e. The minimum absolute atomic E-state index is 0.294. The van der Waals surface area contributed by atoms with Crippen molar-refractivity contribution in [2.24, 2.45) is 0 Å². The number of carbonyl (C=O) groups is 2. The van der Waals surface area contributed by atoms with Crippen LogP contribution in [0.15, 0.2) is 42.5 Å². The molecule has 30 heavy (non-hydrogen) atoms. The summed E-state index contributed by atoms with van der Waals surface area (Å²) in [6.07, 6.45) is 1.48. The van der Waals surface area contributed by atoms with Gasteiger partial charge < -0.3 is 14.8 Å². The van der Waals surface area contributed by atoms with Gasteiger partial charge in [0.1, 0.15) is 5.75 Å². The molecule has 8 heteroatoms. The number of amides is 2. The molecule has 0 radical (unpaired) electrons. The van der Waals surface area contributed by atoms with Gasteiger partial charge in [-0.05, 0) is 68.9 Å². The maximum Gasteiger partial charge on any atom is 0.488 e. The molecule has 0 bridgehead atoms. The molecule has 3 N–H and O–H groups in total. The molecule has 0 heterocycles. The predicted octanol–water partition coefficient (Wildman–Crippen LogP) is 1.83. The van der Waals surface area contributed by atoms with Gasteiger partial charge in [0.05, 0.1) is 12.6 Å². The number of nitrogens with zero attached hydrogens (tertiary/aromatic N) is 1. The number of methoxy groups -OCH3 is 1. The van der Waals surface area contributed by atoms with Crippen molar-refractivity contribution in [3.8, 4) is 5.75 Å². The van der Waals surface area contributed by atoms with Gasteiger partial charge in [-0.3, -0.25) is 15.0 Å². The van der Waals surface area contributed by atoms with Crippen LogP contribution in [0.5, 0.6) is 5.75 Å². The number of benzene rings is 2. The molecule has 0 atom stereocenters. The fraction of sp³-hybridized carbons (Fsp3) is 0.364. The van der Waals surface area contributed by atoms with Crippen LogP contribution in [0.25, 0.3) is 0 Å². The molecule has 0 fully saturated rings. The van der Waals surface area contributed by atoms with E-state index < -0.39 is 12.7 Å². The Morgan fingerprint density at radius 1 is 1.17 bits per heavy atom. The number of hydrogen-bond donors (Lipinski definition) is 3. The summed E-state index contributed by atoms with van der Waals surface area (Å²) in [7, 11) is 0.143. The number of nitrogens with one attached hydrogen (secondary N) is 1. The van der Waals surface area contributed by atoms with E-state index in [1.165, 1.54) is 40.4 Å². The zero-order valence-electron chi connectivity index (χ0n) is 18.5. The molecule has 0 spiro atoms. The zero-order chi connectivity index (χ0) is 22.9. The average Bonchev–Trinajstić information content (AvgIpc) is 2.71. The lowest BCUT2D eigenvalue weighted by Crippen LogP contribution is -2.53. The van der Waals surface area contributed by atoms with Crippen molar-refractivity contribution in [3.05, 3.63) is 59.2 Å². The topological polar surface area (TPSA) is 99.1 Å². The summed E-state index contributed by atoms with van der Waals surface area (Å²) in [4.78, 5) is 22.8. The van der Waals surface area contributed by atoms with Crippen LogP contribution in [0.1, 0.15) is 49.2 Å². The molecule has 0 aliphatic rings. The van der Waals surface area contributed by atoms with Gasteiger partial charge in [-0.2, -0.15) is 0 Å². The Kier molecular flexibility index (Phi) is 9.56. The fourth-order valence-electron chi connectivity index (χ4n) is 2.86. The highest BCUT2D eigenvalue weighted by Crippen LogP contribution is 2.21. The molecule has 2 aromatic carbocycles. The highest BCUT2D eigenvalue weighted by molar-refractivity contribution is 6.58. The Bertz CT molecular complexity index is 832. The number of hydrazine groups is 1. The SMILES string of the molecule is CC(C)(C)N(NC=O)C(=O)c1ccc(B(O)O)cc1.CCc1c(C)cccc1OC. The van der Waals surface area contributed by atoms with Crippen molar-refractivity contribution in [2.45, 2.75) is 46.6 Å². The number of hydrogen-bond acceptors (Lipinski definition) is 5. The standard InChI is InChI=1S/C12H17BN2O4.C10H14O/c1-12(2,3)15(14-8-16)11(17)9-4-6-10(7-5-9)13(18)19;1-4-9-8(2)6-5-7-10(9)11-3/h4-8,18-19H,1-3H3,(H,14,16);5-7H,4H2,1-3H3. The molecule has 0 aliphatic heterocycles. The molecule has 0 aromatic heterocycles. The van der Waals surface area contributed by atoms with Crippen molar-refractivity contribution in [3.63, 3.8) is 0 Å². The molecule has 2 amide bonds. The quantitative estimate of drug-likeness (QED) is 0.381. The number of carbonyl (C=O) groups excluding carboxylic acids is 2. The second kappa shape index (κ2) is 11.4. The summed E-state index contributed by atoms with van der Waals surface area (Å²) in [6, 6.07) is 12.0. The predicted molar refractivity (Wildman–Crippen MR) is 118 cm³/mol. The maximum atomic E-state index is 12.2. The Morgan fingerprint density at radius 3 is 2.17 bits per heavy atom. The summed E-state index contributed by atoms with van der Waals surface area (Å²) in [5.74, 6) is 0.631. The molecular weight excluding hydrogens is 383 g/mol. The van der Waals surface area contributed by atoms with Crippen LogP contribution in [0.4, 0.5) is 0 Å². The van der Waals surface area contributed by atoms with Crippen LogP contribution in [0.2, 0.25) is 0 Å². The smallest absolute Gasteiger partial charge is 0.488 e. The zero-order valence-corrected chi connectivity index (χ0v) is 18.5. The molecule has 0 saturated heterocycles. The molecule has 0 unspecified atom stereocenters. The van der Waals surface area contributed by atoms with E-state index in [9.17, 15) is 9.59 Å². The first-order valence-corrected chi connectivity index (χ1v) is 9.69. The van der Waals surface area contributed by atoms with Gasteiger partial charge in [0.25, 0.3) is 5.91 Å². The number of aryl methyl sites for hydroxylation is 1. The second-order valence-electron chi connectivity index (χ2n) is 7.66. The highest BCUT2D eigenvalue weighted by atomic mass is 16.5. The third kappa shape index (κ3) is 6.90. The first-order valence-electron chi connectivity index (χ1n) is 9.69. The third-order valence-electron chi connectivity index (χ3n) is 4.45. The Morgan fingerprint density at radius 2 is 1.77 bits per heavy atom. The largest absolute Gasteiger partial charge is 0.496 e. The van der Waals surface area contributed by atoms with Crippen molar-refractivity contribution < 1.29 is 24.4 Å². The first-order chi connectivity index (χ1) is 14.1. The fourth-order valence-corrected chi connectivity index (χ4v) is 2.86. The Hall–Kier alpha value is -2.84. The van der Waals surface area contributed by atoms with E-state index in [4.69, 9.17) is 14.8 Å². The normalized spacial score (nSPS) is 10.4. The van der Waals surface area contributed by atoms with Gasteiger partial charge in [-0.25, -0.2) is 5.01 Å². The van der Waals surface area contributed by atoms with Gasteiger partial charge in [0, 0.05) is 5.56 Å². The number of rotatable bonds is 6.